The van der Waals surface area contributed by atoms with Gasteiger partial charge >= 0.3 is 6.03 Å². The number of benzene rings is 1. The fourth-order valence-corrected chi connectivity index (χ4v) is 4.08. The molecule has 34 heavy (non-hydrogen) atoms. The van der Waals surface area contributed by atoms with Gasteiger partial charge in [-0.1, -0.05) is 18.2 Å². The average Bonchev–Trinajstić information content (AvgIpc) is 3.10. The summed E-state index contributed by atoms with van der Waals surface area (Å²) in [5.74, 6) is -0.144. The van der Waals surface area contributed by atoms with Crippen molar-refractivity contribution in [1.29, 1.82) is 0 Å². The van der Waals surface area contributed by atoms with Gasteiger partial charge in [0, 0.05) is 35.8 Å². The lowest BCUT2D eigenvalue weighted by Gasteiger charge is -2.19. The zero-order valence-electron chi connectivity index (χ0n) is 18.7. The van der Waals surface area contributed by atoms with Crippen molar-refractivity contribution in [3.63, 3.8) is 0 Å². The number of carbonyl (C=O) groups is 3. The molecule has 9 nitrogen and oxygen atoms in total. The molecule has 4 N–H and O–H groups in total. The fraction of sp³-hybridized carbons (Fsp3) is 0.320. The van der Waals surface area contributed by atoms with Crippen LogP contribution in [-0.2, 0) is 9.47 Å². The Balaban J connectivity index is 1.33. The number of carbonyl (C=O) groups excluding carboxylic acids is 3. The minimum Gasteiger partial charge on any atom is -0.508 e. The van der Waals surface area contributed by atoms with Gasteiger partial charge in [-0.25, -0.2) is 4.79 Å². The number of nitrogens with zero attached hydrogens (tertiary/aromatic N) is 1. The van der Waals surface area contributed by atoms with E-state index in [1.165, 1.54) is 12.5 Å². The first-order valence-corrected chi connectivity index (χ1v) is 11.2. The standard InChI is InChI=1S/C25H27N3O6/c26-25(32)28-12-3-4-18(11-13-28)27-24(31)17-9-7-16(8-10-17)23(30)22-15-33-21(14-34-22)19-5-1-2-6-20(19)29/h2,6-10,14-15,18,29H,1,3-5,11-13H2,(H2,26,32)(H,27,31)/t18-/m0/s1. The van der Waals surface area contributed by atoms with E-state index in [-0.39, 0.29) is 29.3 Å². The van der Waals surface area contributed by atoms with Crippen molar-refractivity contribution in [2.75, 3.05) is 13.1 Å². The number of aliphatic hydroxyl groups is 1. The number of amides is 3. The largest absolute Gasteiger partial charge is 0.508 e. The van der Waals surface area contributed by atoms with E-state index in [1.54, 1.807) is 35.2 Å². The molecule has 0 saturated carbocycles. The minimum atomic E-state index is -0.442. The molecule has 0 unspecified atom stereocenters. The first-order chi connectivity index (χ1) is 16.4. The van der Waals surface area contributed by atoms with Crippen LogP contribution in [0.25, 0.3) is 0 Å². The molecule has 0 aromatic heterocycles. The number of primary amides is 1. The maximum atomic E-state index is 12.8. The number of allylic oxidation sites excluding steroid dienone is 4. The summed E-state index contributed by atoms with van der Waals surface area (Å²) in [7, 11) is 0. The number of ketones is 1. The van der Waals surface area contributed by atoms with Gasteiger partial charge in [0.25, 0.3) is 5.91 Å². The van der Waals surface area contributed by atoms with Crippen LogP contribution < -0.4 is 11.1 Å². The van der Waals surface area contributed by atoms with Crippen LogP contribution in [-0.4, -0.2) is 46.9 Å². The van der Waals surface area contributed by atoms with Crippen LogP contribution >= 0.6 is 0 Å². The normalized spacial score (nSPS) is 20.4. The summed E-state index contributed by atoms with van der Waals surface area (Å²) < 4.78 is 11.0. The van der Waals surface area contributed by atoms with Gasteiger partial charge < -0.3 is 30.5 Å². The van der Waals surface area contributed by atoms with Crippen molar-refractivity contribution in [2.45, 2.75) is 38.1 Å². The molecule has 4 rings (SSSR count). The monoisotopic (exact) mass is 465 g/mol. The Bertz CT molecular complexity index is 1100. The molecule has 3 aliphatic rings. The molecule has 2 heterocycles. The van der Waals surface area contributed by atoms with Gasteiger partial charge in [0.1, 0.15) is 18.3 Å². The van der Waals surface area contributed by atoms with Crippen molar-refractivity contribution in [3.05, 3.63) is 82.9 Å². The van der Waals surface area contributed by atoms with E-state index in [1.807, 2.05) is 6.08 Å². The maximum Gasteiger partial charge on any atom is 0.314 e. The van der Waals surface area contributed by atoms with Gasteiger partial charge in [0.2, 0.25) is 11.5 Å². The Hall–Kier alpha value is -4.01. The van der Waals surface area contributed by atoms with Crippen molar-refractivity contribution in [3.8, 4) is 0 Å². The number of nitrogens with two attached hydrogens (primary N) is 1. The van der Waals surface area contributed by atoms with Crippen molar-refractivity contribution in [2.24, 2.45) is 5.73 Å². The third-order valence-electron chi connectivity index (χ3n) is 6.04. The lowest BCUT2D eigenvalue weighted by atomic mass is 10.0. The molecule has 1 aromatic rings. The molecule has 3 amide bonds. The van der Waals surface area contributed by atoms with E-state index in [0.29, 0.717) is 48.4 Å². The van der Waals surface area contributed by atoms with Crippen LogP contribution in [0.3, 0.4) is 0 Å². The van der Waals surface area contributed by atoms with E-state index in [4.69, 9.17) is 15.2 Å². The Kier molecular flexibility index (Phi) is 7.01. The topological polar surface area (TPSA) is 131 Å². The molecule has 9 heteroatoms. The molecular weight excluding hydrogens is 438 g/mol. The summed E-state index contributed by atoms with van der Waals surface area (Å²) in [6.45, 7) is 1.10. The first-order valence-electron chi connectivity index (χ1n) is 11.2. The third kappa shape index (κ3) is 5.31. The Morgan fingerprint density at radius 1 is 1.03 bits per heavy atom. The number of aliphatic hydroxyl groups excluding tert-OH is 1. The molecule has 1 saturated heterocycles. The predicted molar refractivity (Wildman–Crippen MR) is 123 cm³/mol. The second-order valence-corrected chi connectivity index (χ2v) is 8.34. The molecule has 0 spiro atoms. The molecule has 1 aliphatic carbocycles. The number of rotatable bonds is 5. The third-order valence-corrected chi connectivity index (χ3v) is 6.04. The second-order valence-electron chi connectivity index (χ2n) is 8.34. The predicted octanol–water partition coefficient (Wildman–Crippen LogP) is 3.42. The van der Waals surface area contributed by atoms with Gasteiger partial charge in [0.05, 0.1) is 0 Å². The van der Waals surface area contributed by atoms with Gasteiger partial charge in [-0.05, 0) is 50.3 Å². The number of hydrogen-bond acceptors (Lipinski definition) is 6. The van der Waals surface area contributed by atoms with Gasteiger partial charge in [-0.3, -0.25) is 9.59 Å². The minimum absolute atomic E-state index is 0.00449. The number of likely N-dealkylation sites (tertiary alicyclic amines) is 1. The number of urea groups is 1. The zero-order valence-corrected chi connectivity index (χ0v) is 18.7. The highest BCUT2D eigenvalue weighted by Crippen LogP contribution is 2.28. The zero-order chi connectivity index (χ0) is 24.1. The van der Waals surface area contributed by atoms with Crippen molar-refractivity contribution in [1.82, 2.24) is 10.2 Å². The Labute approximate surface area is 197 Å². The van der Waals surface area contributed by atoms with Crippen LogP contribution in [0.5, 0.6) is 0 Å². The highest BCUT2D eigenvalue weighted by atomic mass is 16.5. The molecule has 2 aliphatic heterocycles. The summed E-state index contributed by atoms with van der Waals surface area (Å²) in [6.07, 6.45) is 9.56. The number of ether oxygens (including phenoxy) is 2. The van der Waals surface area contributed by atoms with Gasteiger partial charge in [-0.2, -0.15) is 0 Å². The van der Waals surface area contributed by atoms with Crippen molar-refractivity contribution < 1.29 is 29.0 Å². The Morgan fingerprint density at radius 2 is 1.79 bits per heavy atom. The number of hydrogen-bond donors (Lipinski definition) is 3. The summed E-state index contributed by atoms with van der Waals surface area (Å²) in [5, 5.41) is 13.0. The molecule has 1 atom stereocenters. The van der Waals surface area contributed by atoms with Crippen LogP contribution in [0.1, 0.15) is 52.8 Å². The van der Waals surface area contributed by atoms with E-state index < -0.39 is 6.03 Å². The SMILES string of the molecule is NC(=O)N1CCC[C@H](NC(=O)c2ccc(C(=O)C3=COC(C4=C(O)C=CCC4)=CO3)cc2)CC1. The van der Waals surface area contributed by atoms with Crippen molar-refractivity contribution >= 4 is 17.7 Å². The highest BCUT2D eigenvalue weighted by Gasteiger charge is 2.23. The Morgan fingerprint density at radius 3 is 2.47 bits per heavy atom. The summed E-state index contributed by atoms with van der Waals surface area (Å²) >= 11 is 0. The fourth-order valence-electron chi connectivity index (χ4n) is 4.08. The molecule has 0 radical (unpaired) electrons. The highest BCUT2D eigenvalue weighted by molar-refractivity contribution is 6.08. The summed E-state index contributed by atoms with van der Waals surface area (Å²) in [6, 6.07) is 5.79. The van der Waals surface area contributed by atoms with E-state index in [9.17, 15) is 19.5 Å². The summed E-state index contributed by atoms with van der Waals surface area (Å²) in [4.78, 5) is 38.3. The molecule has 1 aromatic carbocycles. The van der Waals surface area contributed by atoms with Gasteiger partial charge in [-0.15, -0.1) is 0 Å². The van der Waals surface area contributed by atoms with Gasteiger partial charge in [0.15, 0.2) is 5.76 Å². The van der Waals surface area contributed by atoms with Crippen LogP contribution in [0, 0.1) is 0 Å². The van der Waals surface area contributed by atoms with E-state index in [2.05, 4.69) is 5.32 Å². The van der Waals surface area contributed by atoms with Crippen LogP contribution in [0.2, 0.25) is 0 Å². The lowest BCUT2D eigenvalue weighted by Crippen LogP contribution is -2.38. The number of Topliss-reactive ketones (excluding diaryl/α,β-unsaturated/α-hetero) is 1. The molecule has 178 valence electrons. The number of nitrogens with one attached hydrogen (secondary N) is 1. The van der Waals surface area contributed by atoms with Crippen LogP contribution in [0.4, 0.5) is 4.79 Å². The maximum absolute atomic E-state index is 12.8. The first kappa shape index (κ1) is 23.2. The smallest absolute Gasteiger partial charge is 0.314 e. The molecule has 0 bridgehead atoms. The van der Waals surface area contributed by atoms with E-state index in [0.717, 1.165) is 19.3 Å². The lowest BCUT2D eigenvalue weighted by molar-refractivity contribution is 0.0926. The van der Waals surface area contributed by atoms with Crippen LogP contribution in [0.15, 0.2) is 71.8 Å². The molecular formula is C25H27N3O6. The summed E-state index contributed by atoms with van der Waals surface area (Å²) in [5.41, 5.74) is 6.74. The van der Waals surface area contributed by atoms with E-state index >= 15 is 0 Å². The quantitative estimate of drug-likeness (QED) is 0.571. The average molecular weight is 466 g/mol. The molecule has 1 fully saturated rings. The second kappa shape index (κ2) is 10.3.